The van der Waals surface area contributed by atoms with Crippen molar-refractivity contribution < 1.29 is 15.0 Å². The van der Waals surface area contributed by atoms with Crippen LogP contribution in [0.2, 0.25) is 0 Å². The van der Waals surface area contributed by atoms with E-state index >= 15 is 0 Å². The van der Waals surface area contributed by atoms with Gasteiger partial charge in [0.15, 0.2) is 0 Å². The minimum atomic E-state index is -1.05. The molecule has 2 aromatic rings. The van der Waals surface area contributed by atoms with Gasteiger partial charge in [-0.3, -0.25) is 0 Å². The van der Waals surface area contributed by atoms with Gasteiger partial charge in [-0.2, -0.15) is 0 Å². The summed E-state index contributed by atoms with van der Waals surface area (Å²) in [7, 11) is 0. The molecule has 0 radical (unpaired) electrons. The number of carbonyl (C=O) groups is 1. The Labute approximate surface area is 117 Å². The first-order valence-corrected chi connectivity index (χ1v) is 6.34. The molecule has 0 atom stereocenters. The maximum atomic E-state index is 11.4. The van der Waals surface area contributed by atoms with Gasteiger partial charge in [-0.1, -0.05) is 42.5 Å². The van der Waals surface area contributed by atoms with Gasteiger partial charge < -0.3 is 10.2 Å². The lowest BCUT2D eigenvalue weighted by Crippen LogP contribution is -2.03. The number of hydrogen-bond acceptors (Lipinski definition) is 2. The summed E-state index contributed by atoms with van der Waals surface area (Å²) in [6.07, 6.45) is 3.60. The summed E-state index contributed by atoms with van der Waals surface area (Å²) < 4.78 is 0. The highest BCUT2D eigenvalue weighted by Crippen LogP contribution is 2.35. The van der Waals surface area contributed by atoms with Crippen molar-refractivity contribution in [3.05, 3.63) is 59.2 Å². The average molecular weight is 268 g/mol. The van der Waals surface area contributed by atoms with Crippen LogP contribution in [0.1, 0.15) is 28.4 Å². The standard InChI is InChI=1S/C17H16O3/c1-3-7-13-11(2)16(12-8-5-4-6-9-12)14(17(19)20)10-15(13)18/h3-10,18H,1-2H3,(H,19,20)/b7-3-. The van der Waals surface area contributed by atoms with Crippen LogP contribution in [0, 0.1) is 6.92 Å². The summed E-state index contributed by atoms with van der Waals surface area (Å²) in [5.74, 6) is -1.06. The van der Waals surface area contributed by atoms with Crippen molar-refractivity contribution in [3.63, 3.8) is 0 Å². The zero-order valence-corrected chi connectivity index (χ0v) is 11.4. The van der Waals surface area contributed by atoms with Gasteiger partial charge in [-0.25, -0.2) is 4.79 Å². The number of aromatic hydroxyl groups is 1. The van der Waals surface area contributed by atoms with E-state index in [4.69, 9.17) is 0 Å². The van der Waals surface area contributed by atoms with Gasteiger partial charge in [-0.15, -0.1) is 0 Å². The molecule has 20 heavy (non-hydrogen) atoms. The van der Waals surface area contributed by atoms with Crippen molar-refractivity contribution in [2.45, 2.75) is 13.8 Å². The Morgan fingerprint density at radius 3 is 2.40 bits per heavy atom. The third-order valence-electron chi connectivity index (χ3n) is 3.23. The highest BCUT2D eigenvalue weighted by molar-refractivity contribution is 5.99. The highest BCUT2D eigenvalue weighted by Gasteiger charge is 2.18. The molecule has 0 aliphatic heterocycles. The highest BCUT2D eigenvalue weighted by atomic mass is 16.4. The molecule has 0 unspecified atom stereocenters. The number of phenolic OH excluding ortho intramolecular Hbond substituents is 1. The van der Waals surface area contributed by atoms with Gasteiger partial charge in [0.2, 0.25) is 0 Å². The van der Waals surface area contributed by atoms with Crippen LogP contribution >= 0.6 is 0 Å². The van der Waals surface area contributed by atoms with Crippen LogP contribution in [0.4, 0.5) is 0 Å². The van der Waals surface area contributed by atoms with Gasteiger partial charge >= 0.3 is 5.97 Å². The van der Waals surface area contributed by atoms with Crippen LogP contribution in [0.3, 0.4) is 0 Å². The first-order chi connectivity index (χ1) is 9.56. The summed E-state index contributed by atoms with van der Waals surface area (Å²) in [5, 5.41) is 19.4. The lowest BCUT2D eigenvalue weighted by atomic mass is 9.90. The van der Waals surface area contributed by atoms with Crippen LogP contribution in [-0.4, -0.2) is 16.2 Å². The Balaban J connectivity index is 2.82. The van der Waals surface area contributed by atoms with Crippen LogP contribution in [0.15, 0.2) is 42.5 Å². The van der Waals surface area contributed by atoms with E-state index in [0.29, 0.717) is 11.1 Å². The SMILES string of the molecule is C/C=C\c1c(O)cc(C(=O)O)c(-c2ccccc2)c1C. The third kappa shape index (κ3) is 2.43. The molecule has 2 aromatic carbocycles. The number of allylic oxidation sites excluding steroid dienone is 1. The summed E-state index contributed by atoms with van der Waals surface area (Å²) in [6.45, 7) is 3.68. The molecule has 0 bridgehead atoms. The molecular weight excluding hydrogens is 252 g/mol. The summed E-state index contributed by atoms with van der Waals surface area (Å²) in [5.41, 5.74) is 2.99. The quantitative estimate of drug-likeness (QED) is 0.881. The van der Waals surface area contributed by atoms with Gasteiger partial charge in [-0.05, 0) is 36.6 Å². The van der Waals surface area contributed by atoms with Gasteiger partial charge in [0.25, 0.3) is 0 Å². The summed E-state index contributed by atoms with van der Waals surface area (Å²) >= 11 is 0. The molecule has 0 saturated carbocycles. The summed E-state index contributed by atoms with van der Waals surface area (Å²) in [4.78, 5) is 11.4. The van der Waals surface area contributed by atoms with Crippen molar-refractivity contribution in [3.8, 4) is 16.9 Å². The van der Waals surface area contributed by atoms with E-state index in [1.54, 1.807) is 6.08 Å². The monoisotopic (exact) mass is 268 g/mol. The Bertz CT molecular complexity index is 670. The molecule has 0 spiro atoms. The molecule has 102 valence electrons. The van der Waals surface area contributed by atoms with Crippen molar-refractivity contribution in [1.29, 1.82) is 0 Å². The molecule has 0 aliphatic carbocycles. The molecule has 0 amide bonds. The number of phenols is 1. The van der Waals surface area contributed by atoms with Crippen LogP contribution in [0.5, 0.6) is 5.75 Å². The molecule has 3 heteroatoms. The maximum absolute atomic E-state index is 11.4. The van der Waals surface area contributed by atoms with E-state index in [1.165, 1.54) is 6.07 Å². The Morgan fingerprint density at radius 2 is 1.85 bits per heavy atom. The van der Waals surface area contributed by atoms with Crippen LogP contribution < -0.4 is 0 Å². The number of benzene rings is 2. The molecule has 0 heterocycles. The van der Waals surface area contributed by atoms with Crippen molar-refractivity contribution in [2.24, 2.45) is 0 Å². The first-order valence-electron chi connectivity index (χ1n) is 6.34. The largest absolute Gasteiger partial charge is 0.507 e. The molecule has 0 aromatic heterocycles. The second-order valence-electron chi connectivity index (χ2n) is 4.53. The smallest absolute Gasteiger partial charge is 0.336 e. The Kier molecular flexibility index (Phi) is 3.89. The van der Waals surface area contributed by atoms with E-state index in [1.807, 2.05) is 50.3 Å². The van der Waals surface area contributed by atoms with E-state index < -0.39 is 5.97 Å². The minimum absolute atomic E-state index is 0.0160. The lowest BCUT2D eigenvalue weighted by Gasteiger charge is -2.14. The fourth-order valence-electron chi connectivity index (χ4n) is 2.34. The topological polar surface area (TPSA) is 57.5 Å². The van der Waals surface area contributed by atoms with Gasteiger partial charge in [0.1, 0.15) is 5.75 Å². The van der Waals surface area contributed by atoms with Crippen LogP contribution in [0.25, 0.3) is 17.2 Å². The normalized spacial score (nSPS) is 10.9. The maximum Gasteiger partial charge on any atom is 0.336 e. The number of hydrogen-bond donors (Lipinski definition) is 2. The number of aromatic carboxylic acids is 1. The number of rotatable bonds is 3. The second kappa shape index (κ2) is 5.61. The molecule has 3 nitrogen and oxygen atoms in total. The van der Waals surface area contributed by atoms with E-state index in [9.17, 15) is 15.0 Å². The Hall–Kier alpha value is -2.55. The van der Waals surface area contributed by atoms with E-state index in [2.05, 4.69) is 0 Å². The lowest BCUT2D eigenvalue weighted by molar-refractivity contribution is 0.0697. The van der Waals surface area contributed by atoms with Crippen molar-refractivity contribution in [1.82, 2.24) is 0 Å². The van der Waals surface area contributed by atoms with Gasteiger partial charge in [0.05, 0.1) is 5.56 Å². The predicted molar refractivity (Wildman–Crippen MR) is 79.9 cm³/mol. The average Bonchev–Trinajstić information content (AvgIpc) is 2.43. The van der Waals surface area contributed by atoms with Gasteiger partial charge in [0, 0.05) is 5.56 Å². The van der Waals surface area contributed by atoms with E-state index in [-0.39, 0.29) is 11.3 Å². The third-order valence-corrected chi connectivity index (χ3v) is 3.23. The predicted octanol–water partition coefficient (Wildman–Crippen LogP) is 4.10. The Morgan fingerprint density at radius 1 is 1.20 bits per heavy atom. The second-order valence-corrected chi connectivity index (χ2v) is 4.53. The van der Waals surface area contributed by atoms with Crippen LogP contribution in [-0.2, 0) is 0 Å². The molecule has 2 rings (SSSR count). The number of carboxylic acids is 1. The minimum Gasteiger partial charge on any atom is -0.507 e. The molecule has 0 fully saturated rings. The molecular formula is C17H16O3. The zero-order chi connectivity index (χ0) is 14.7. The fourth-order valence-corrected chi connectivity index (χ4v) is 2.34. The first kappa shape index (κ1) is 13.9. The van der Waals surface area contributed by atoms with Crippen molar-refractivity contribution in [2.75, 3.05) is 0 Å². The molecule has 0 aliphatic rings. The molecule has 2 N–H and O–H groups in total. The molecule has 0 saturated heterocycles. The van der Waals surface area contributed by atoms with Crippen molar-refractivity contribution >= 4 is 12.0 Å². The zero-order valence-electron chi connectivity index (χ0n) is 11.4. The fraction of sp³-hybridized carbons (Fsp3) is 0.118. The number of carboxylic acid groups (broad SMARTS) is 1. The summed E-state index contributed by atoms with van der Waals surface area (Å²) in [6, 6.07) is 10.7. The van der Waals surface area contributed by atoms with E-state index in [0.717, 1.165) is 11.1 Å².